The van der Waals surface area contributed by atoms with Crippen LogP contribution in [0.15, 0.2) is 5.38 Å². The lowest BCUT2D eigenvalue weighted by atomic mass is 10.0. The van der Waals surface area contributed by atoms with Crippen LogP contribution >= 0.6 is 11.3 Å². The summed E-state index contributed by atoms with van der Waals surface area (Å²) in [6, 6.07) is 1.35. The molecule has 0 amide bonds. The zero-order chi connectivity index (χ0) is 13.7. The quantitative estimate of drug-likeness (QED) is 0.868. The van der Waals surface area contributed by atoms with Crippen LogP contribution in [0.4, 0.5) is 0 Å². The van der Waals surface area contributed by atoms with Crippen LogP contribution in [0.3, 0.4) is 0 Å². The summed E-state index contributed by atoms with van der Waals surface area (Å²) in [4.78, 5) is 7.28. The highest BCUT2D eigenvalue weighted by molar-refractivity contribution is 7.09. The van der Waals surface area contributed by atoms with Gasteiger partial charge in [-0.15, -0.1) is 11.3 Å². The molecular formula is C15H27N3S. The smallest absolute Gasteiger partial charge is 0.107 e. The highest BCUT2D eigenvalue weighted by Crippen LogP contribution is 2.19. The van der Waals surface area contributed by atoms with E-state index in [-0.39, 0.29) is 0 Å². The molecule has 0 bridgehead atoms. The van der Waals surface area contributed by atoms with Gasteiger partial charge in [-0.3, -0.25) is 4.90 Å². The highest BCUT2D eigenvalue weighted by Gasteiger charge is 2.27. The monoisotopic (exact) mass is 281 g/mol. The molecule has 1 aliphatic heterocycles. The number of nitrogens with one attached hydrogen (secondary N) is 1. The normalized spacial score (nSPS) is 24.8. The largest absolute Gasteiger partial charge is 0.311 e. The third kappa shape index (κ3) is 4.26. The van der Waals surface area contributed by atoms with Gasteiger partial charge in [0.25, 0.3) is 0 Å². The number of aromatic nitrogens is 1. The Morgan fingerprint density at radius 3 is 2.79 bits per heavy atom. The van der Waals surface area contributed by atoms with Crippen molar-refractivity contribution in [2.24, 2.45) is 0 Å². The Morgan fingerprint density at radius 2 is 2.16 bits per heavy atom. The van der Waals surface area contributed by atoms with E-state index in [1.807, 2.05) is 0 Å². The zero-order valence-corrected chi connectivity index (χ0v) is 13.3. The van der Waals surface area contributed by atoms with E-state index in [4.69, 9.17) is 0 Å². The maximum absolute atomic E-state index is 4.63. The van der Waals surface area contributed by atoms with Crippen molar-refractivity contribution in [3.8, 4) is 0 Å². The fourth-order valence-corrected chi connectivity index (χ4v) is 3.73. The van der Waals surface area contributed by atoms with Crippen molar-refractivity contribution in [3.05, 3.63) is 16.1 Å². The average molecular weight is 281 g/mol. The first-order valence-electron chi connectivity index (χ1n) is 7.61. The Hall–Kier alpha value is -0.450. The van der Waals surface area contributed by atoms with Crippen molar-refractivity contribution in [2.45, 2.75) is 65.1 Å². The minimum absolute atomic E-state index is 0.666. The van der Waals surface area contributed by atoms with Crippen molar-refractivity contribution in [2.75, 3.05) is 13.1 Å². The lowest BCUT2D eigenvalue weighted by molar-refractivity contribution is 0.111. The van der Waals surface area contributed by atoms with Gasteiger partial charge in [-0.2, -0.15) is 0 Å². The Balaban J connectivity index is 1.98. The van der Waals surface area contributed by atoms with Crippen molar-refractivity contribution < 1.29 is 0 Å². The van der Waals surface area contributed by atoms with E-state index < -0.39 is 0 Å². The molecule has 2 rings (SSSR count). The number of nitrogens with zero attached hydrogens (tertiary/aromatic N) is 2. The standard InChI is InChI=1S/C15H27N3S/c1-4-6-13-9-18(14(7-5-2)8-16-13)10-15-17-12(3)11-19-15/h11,13-14,16H,4-10H2,1-3H3. The van der Waals surface area contributed by atoms with Gasteiger partial charge in [0.05, 0.1) is 6.54 Å². The fraction of sp³-hybridized carbons (Fsp3) is 0.800. The maximum atomic E-state index is 4.63. The number of hydrogen-bond acceptors (Lipinski definition) is 4. The molecule has 19 heavy (non-hydrogen) atoms. The SMILES string of the molecule is CCCC1CN(Cc2nc(C)cs2)C(CCC)CN1. The van der Waals surface area contributed by atoms with E-state index >= 15 is 0 Å². The maximum Gasteiger partial charge on any atom is 0.107 e. The Labute approximate surface area is 121 Å². The average Bonchev–Trinajstić information content (AvgIpc) is 2.79. The van der Waals surface area contributed by atoms with Crippen LogP contribution in [0.2, 0.25) is 0 Å². The summed E-state index contributed by atoms with van der Waals surface area (Å²) in [5.74, 6) is 0. The van der Waals surface area contributed by atoms with E-state index in [1.54, 1.807) is 11.3 Å². The molecule has 3 nitrogen and oxygen atoms in total. The molecule has 0 aromatic carbocycles. The van der Waals surface area contributed by atoms with Gasteiger partial charge < -0.3 is 5.32 Å². The van der Waals surface area contributed by atoms with E-state index in [0.29, 0.717) is 12.1 Å². The molecule has 2 atom stereocenters. The summed E-state index contributed by atoms with van der Waals surface area (Å²) >= 11 is 1.80. The molecule has 1 aromatic heterocycles. The molecule has 1 aliphatic rings. The van der Waals surface area contributed by atoms with E-state index in [1.165, 1.54) is 37.2 Å². The van der Waals surface area contributed by atoms with Crippen LogP contribution in [0.5, 0.6) is 0 Å². The van der Waals surface area contributed by atoms with Gasteiger partial charge in [-0.05, 0) is 19.8 Å². The van der Waals surface area contributed by atoms with Crippen LogP contribution in [-0.4, -0.2) is 35.1 Å². The first kappa shape index (κ1) is 14.9. The third-order valence-corrected chi connectivity index (χ3v) is 4.83. The molecular weight excluding hydrogens is 254 g/mol. The second-order valence-corrected chi connectivity index (χ2v) is 6.59. The van der Waals surface area contributed by atoms with Gasteiger partial charge >= 0.3 is 0 Å². The van der Waals surface area contributed by atoms with Gasteiger partial charge in [0.2, 0.25) is 0 Å². The van der Waals surface area contributed by atoms with Crippen LogP contribution in [0, 0.1) is 6.92 Å². The summed E-state index contributed by atoms with van der Waals surface area (Å²) < 4.78 is 0. The molecule has 1 aromatic rings. The van der Waals surface area contributed by atoms with E-state index in [9.17, 15) is 0 Å². The molecule has 4 heteroatoms. The molecule has 0 aliphatic carbocycles. The topological polar surface area (TPSA) is 28.2 Å². The summed E-state index contributed by atoms with van der Waals surface area (Å²) in [5.41, 5.74) is 1.16. The van der Waals surface area contributed by atoms with Gasteiger partial charge in [-0.25, -0.2) is 4.98 Å². The number of rotatable bonds is 6. The molecule has 1 saturated heterocycles. The summed E-state index contributed by atoms with van der Waals surface area (Å²) in [6.07, 6.45) is 5.10. The zero-order valence-electron chi connectivity index (χ0n) is 12.5. The van der Waals surface area contributed by atoms with Gasteiger partial charge in [0.1, 0.15) is 5.01 Å². The molecule has 2 heterocycles. The van der Waals surface area contributed by atoms with Gasteiger partial charge in [0, 0.05) is 36.2 Å². The number of hydrogen-bond donors (Lipinski definition) is 1. The van der Waals surface area contributed by atoms with Crippen LogP contribution < -0.4 is 5.32 Å². The van der Waals surface area contributed by atoms with Crippen molar-refractivity contribution in [3.63, 3.8) is 0 Å². The summed E-state index contributed by atoms with van der Waals surface area (Å²) in [5, 5.41) is 7.15. The lowest BCUT2D eigenvalue weighted by Crippen LogP contribution is -2.55. The highest BCUT2D eigenvalue weighted by atomic mass is 32.1. The minimum atomic E-state index is 0.666. The van der Waals surface area contributed by atoms with Crippen molar-refractivity contribution >= 4 is 11.3 Å². The predicted molar refractivity (Wildman–Crippen MR) is 82.7 cm³/mol. The Bertz CT molecular complexity index is 377. The summed E-state index contributed by atoms with van der Waals surface area (Å²) in [7, 11) is 0. The first-order valence-corrected chi connectivity index (χ1v) is 8.49. The number of thiazole rings is 1. The van der Waals surface area contributed by atoms with Crippen LogP contribution in [-0.2, 0) is 6.54 Å². The first-order chi connectivity index (χ1) is 9.22. The number of aryl methyl sites for hydroxylation is 1. The van der Waals surface area contributed by atoms with Gasteiger partial charge in [0.15, 0.2) is 0 Å². The summed E-state index contributed by atoms with van der Waals surface area (Å²) in [6.45, 7) is 9.99. The second-order valence-electron chi connectivity index (χ2n) is 5.65. The molecule has 2 unspecified atom stereocenters. The molecule has 0 spiro atoms. The fourth-order valence-electron chi connectivity index (χ4n) is 2.93. The lowest BCUT2D eigenvalue weighted by Gasteiger charge is -2.40. The van der Waals surface area contributed by atoms with Crippen LogP contribution in [0.25, 0.3) is 0 Å². The molecule has 0 radical (unpaired) electrons. The molecule has 108 valence electrons. The van der Waals surface area contributed by atoms with Crippen molar-refractivity contribution in [1.82, 2.24) is 15.2 Å². The number of piperazine rings is 1. The minimum Gasteiger partial charge on any atom is -0.311 e. The molecule has 1 N–H and O–H groups in total. The Kier molecular flexibility index (Phi) is 5.79. The van der Waals surface area contributed by atoms with Crippen molar-refractivity contribution in [1.29, 1.82) is 0 Å². The third-order valence-electron chi connectivity index (χ3n) is 3.88. The molecule has 1 fully saturated rings. The van der Waals surface area contributed by atoms with E-state index in [0.717, 1.165) is 18.8 Å². The van der Waals surface area contributed by atoms with E-state index in [2.05, 4.69) is 41.4 Å². The predicted octanol–water partition coefficient (Wildman–Crippen LogP) is 3.19. The van der Waals surface area contributed by atoms with Gasteiger partial charge in [-0.1, -0.05) is 26.7 Å². The second kappa shape index (κ2) is 7.36. The molecule has 0 saturated carbocycles. The Morgan fingerprint density at radius 1 is 1.37 bits per heavy atom. The van der Waals surface area contributed by atoms with Crippen LogP contribution in [0.1, 0.15) is 50.2 Å².